The molecular weight excluding hydrogens is 300 g/mol. The van der Waals surface area contributed by atoms with Gasteiger partial charge in [0, 0.05) is 25.6 Å². The van der Waals surface area contributed by atoms with Gasteiger partial charge in [0.05, 0.1) is 22.6 Å². The van der Waals surface area contributed by atoms with Gasteiger partial charge in [0.25, 0.3) is 5.91 Å². The lowest BCUT2D eigenvalue weighted by Gasteiger charge is -2.27. The Bertz CT molecular complexity index is 650. The van der Waals surface area contributed by atoms with E-state index in [0.717, 1.165) is 36.7 Å². The number of nitrogens with zero attached hydrogens (tertiary/aromatic N) is 2. The number of rotatable bonds is 4. The lowest BCUT2D eigenvalue weighted by atomic mass is 10.0. The van der Waals surface area contributed by atoms with Crippen molar-refractivity contribution >= 4 is 18.3 Å². The third-order valence-electron chi connectivity index (χ3n) is 3.94. The number of amides is 1. The van der Waals surface area contributed by atoms with Crippen molar-refractivity contribution in [2.75, 3.05) is 19.6 Å². The molecule has 0 atom stereocenters. The fourth-order valence-electron chi connectivity index (χ4n) is 2.61. The molecule has 0 bridgehead atoms. The molecule has 6 heteroatoms. The normalized spacial score (nSPS) is 14.1. The standard InChI is InChI=1S/C16H20N4O.ClH/c1-11-15(16(21)18-10-13-8-17-9-13)12(2)20(19-11)14-6-4-3-5-7-14;/h3-7,13,17H,8-10H2,1-2H3,(H,18,21);1H. The van der Waals surface area contributed by atoms with E-state index in [2.05, 4.69) is 15.7 Å². The SMILES string of the molecule is Cc1nn(-c2ccccc2)c(C)c1C(=O)NCC1CNC1.Cl. The summed E-state index contributed by atoms with van der Waals surface area (Å²) in [5, 5.41) is 10.7. The summed E-state index contributed by atoms with van der Waals surface area (Å²) in [5.74, 6) is 0.526. The average molecular weight is 321 g/mol. The van der Waals surface area contributed by atoms with Crippen molar-refractivity contribution in [3.8, 4) is 5.69 Å². The van der Waals surface area contributed by atoms with Gasteiger partial charge in [-0.05, 0) is 26.0 Å². The Balaban J connectivity index is 0.00000176. The lowest BCUT2D eigenvalue weighted by molar-refractivity contribution is 0.0941. The summed E-state index contributed by atoms with van der Waals surface area (Å²) in [7, 11) is 0. The van der Waals surface area contributed by atoms with Crippen molar-refractivity contribution < 1.29 is 4.79 Å². The first-order valence-electron chi connectivity index (χ1n) is 7.27. The van der Waals surface area contributed by atoms with Crippen LogP contribution in [0.2, 0.25) is 0 Å². The summed E-state index contributed by atoms with van der Waals surface area (Å²) >= 11 is 0. The Kier molecular flexibility index (Phi) is 5.21. The van der Waals surface area contributed by atoms with E-state index < -0.39 is 0 Å². The van der Waals surface area contributed by atoms with Gasteiger partial charge in [-0.15, -0.1) is 12.4 Å². The van der Waals surface area contributed by atoms with E-state index in [9.17, 15) is 4.79 Å². The number of hydrogen-bond acceptors (Lipinski definition) is 3. The highest BCUT2D eigenvalue weighted by molar-refractivity contribution is 5.96. The summed E-state index contributed by atoms with van der Waals surface area (Å²) in [5.41, 5.74) is 3.30. The maximum Gasteiger partial charge on any atom is 0.255 e. The molecule has 2 heterocycles. The minimum atomic E-state index is -0.0286. The molecule has 0 spiro atoms. The van der Waals surface area contributed by atoms with E-state index >= 15 is 0 Å². The van der Waals surface area contributed by atoms with Crippen molar-refractivity contribution in [2.24, 2.45) is 5.92 Å². The van der Waals surface area contributed by atoms with Gasteiger partial charge in [-0.25, -0.2) is 4.68 Å². The Labute approximate surface area is 136 Å². The van der Waals surface area contributed by atoms with Crippen LogP contribution in [-0.2, 0) is 0 Å². The van der Waals surface area contributed by atoms with Gasteiger partial charge in [0.15, 0.2) is 0 Å². The molecule has 2 N–H and O–H groups in total. The van der Waals surface area contributed by atoms with E-state index in [1.54, 1.807) is 0 Å². The fourth-order valence-corrected chi connectivity index (χ4v) is 2.61. The summed E-state index contributed by atoms with van der Waals surface area (Å²) in [6.45, 7) is 6.52. The van der Waals surface area contributed by atoms with Gasteiger partial charge in [0.1, 0.15) is 0 Å². The molecule has 22 heavy (non-hydrogen) atoms. The van der Waals surface area contributed by atoms with Crippen molar-refractivity contribution in [3.05, 3.63) is 47.3 Å². The Morgan fingerprint density at radius 3 is 2.59 bits per heavy atom. The lowest BCUT2D eigenvalue weighted by Crippen LogP contribution is -2.48. The number of benzene rings is 1. The summed E-state index contributed by atoms with van der Waals surface area (Å²) in [4.78, 5) is 12.4. The predicted molar refractivity (Wildman–Crippen MR) is 89.0 cm³/mol. The zero-order chi connectivity index (χ0) is 14.8. The van der Waals surface area contributed by atoms with Crippen molar-refractivity contribution in [1.29, 1.82) is 0 Å². The highest BCUT2D eigenvalue weighted by Gasteiger charge is 2.22. The number of para-hydroxylation sites is 1. The Hall–Kier alpha value is -1.85. The van der Waals surface area contributed by atoms with Crippen LogP contribution in [0.15, 0.2) is 30.3 Å². The third kappa shape index (κ3) is 3.15. The molecular formula is C16H21ClN4O. The summed E-state index contributed by atoms with van der Waals surface area (Å²) < 4.78 is 1.83. The van der Waals surface area contributed by atoms with Crippen LogP contribution in [0.5, 0.6) is 0 Å². The van der Waals surface area contributed by atoms with Crippen LogP contribution in [0, 0.1) is 19.8 Å². The van der Waals surface area contributed by atoms with E-state index in [-0.39, 0.29) is 18.3 Å². The third-order valence-corrected chi connectivity index (χ3v) is 3.94. The van der Waals surface area contributed by atoms with Crippen LogP contribution in [0.4, 0.5) is 0 Å². The molecule has 1 fully saturated rings. The maximum absolute atomic E-state index is 12.4. The molecule has 1 aliphatic heterocycles. The van der Waals surface area contributed by atoms with Gasteiger partial charge >= 0.3 is 0 Å². The monoisotopic (exact) mass is 320 g/mol. The van der Waals surface area contributed by atoms with E-state index in [0.29, 0.717) is 11.5 Å². The van der Waals surface area contributed by atoms with Gasteiger partial charge < -0.3 is 10.6 Å². The average Bonchev–Trinajstić information content (AvgIpc) is 2.73. The second-order valence-electron chi connectivity index (χ2n) is 5.53. The van der Waals surface area contributed by atoms with Crippen LogP contribution in [-0.4, -0.2) is 35.3 Å². The molecule has 1 aromatic carbocycles. The van der Waals surface area contributed by atoms with Crippen molar-refractivity contribution in [3.63, 3.8) is 0 Å². The molecule has 0 unspecified atom stereocenters. The van der Waals surface area contributed by atoms with Crippen molar-refractivity contribution in [1.82, 2.24) is 20.4 Å². The van der Waals surface area contributed by atoms with Crippen molar-refractivity contribution in [2.45, 2.75) is 13.8 Å². The molecule has 1 aliphatic rings. The predicted octanol–water partition coefficient (Wildman–Crippen LogP) is 1.86. The first-order chi connectivity index (χ1) is 10.2. The first kappa shape index (κ1) is 16.5. The van der Waals surface area contributed by atoms with Crippen LogP contribution < -0.4 is 10.6 Å². The molecule has 0 aliphatic carbocycles. The van der Waals surface area contributed by atoms with E-state index in [4.69, 9.17) is 0 Å². The van der Waals surface area contributed by atoms with Gasteiger partial charge in [-0.1, -0.05) is 18.2 Å². The molecule has 0 saturated carbocycles. The van der Waals surface area contributed by atoms with Gasteiger partial charge in [0.2, 0.25) is 0 Å². The number of hydrogen-bond donors (Lipinski definition) is 2. The summed E-state index contributed by atoms with van der Waals surface area (Å²) in [6.07, 6.45) is 0. The molecule has 1 aromatic heterocycles. The van der Waals surface area contributed by atoms with E-state index in [1.807, 2.05) is 48.9 Å². The molecule has 3 rings (SSSR count). The summed E-state index contributed by atoms with van der Waals surface area (Å²) in [6, 6.07) is 9.88. The first-order valence-corrected chi connectivity index (χ1v) is 7.27. The minimum Gasteiger partial charge on any atom is -0.352 e. The molecule has 1 saturated heterocycles. The Morgan fingerprint density at radius 2 is 2.00 bits per heavy atom. The van der Waals surface area contributed by atoms with Crippen LogP contribution in [0.25, 0.3) is 5.69 Å². The molecule has 118 valence electrons. The Morgan fingerprint density at radius 1 is 1.32 bits per heavy atom. The minimum absolute atomic E-state index is 0. The molecule has 2 aromatic rings. The fraction of sp³-hybridized carbons (Fsp3) is 0.375. The highest BCUT2D eigenvalue weighted by atomic mass is 35.5. The quantitative estimate of drug-likeness (QED) is 0.904. The second-order valence-corrected chi connectivity index (χ2v) is 5.53. The number of nitrogens with one attached hydrogen (secondary N) is 2. The molecule has 0 radical (unpaired) electrons. The zero-order valence-corrected chi connectivity index (χ0v) is 13.6. The zero-order valence-electron chi connectivity index (χ0n) is 12.8. The van der Waals surface area contributed by atoms with Crippen LogP contribution in [0.3, 0.4) is 0 Å². The smallest absolute Gasteiger partial charge is 0.255 e. The molecule has 5 nitrogen and oxygen atoms in total. The van der Waals surface area contributed by atoms with Gasteiger partial charge in [-0.2, -0.15) is 5.10 Å². The largest absolute Gasteiger partial charge is 0.352 e. The maximum atomic E-state index is 12.4. The number of carbonyl (C=O) groups excluding carboxylic acids is 1. The van der Waals surface area contributed by atoms with Crippen LogP contribution in [0.1, 0.15) is 21.7 Å². The topological polar surface area (TPSA) is 59.0 Å². The van der Waals surface area contributed by atoms with Gasteiger partial charge in [-0.3, -0.25) is 4.79 Å². The number of aryl methyl sites for hydroxylation is 1. The molecule has 1 amide bonds. The second kappa shape index (κ2) is 6.94. The number of halogens is 1. The van der Waals surface area contributed by atoms with E-state index in [1.165, 1.54) is 0 Å². The number of aromatic nitrogens is 2. The highest BCUT2D eigenvalue weighted by Crippen LogP contribution is 2.17. The number of carbonyl (C=O) groups is 1. The van der Waals surface area contributed by atoms with Crippen LogP contribution >= 0.6 is 12.4 Å².